The minimum Gasteiger partial charge on any atom is -0.391 e. The molecule has 2 rings (SSSR count). The first kappa shape index (κ1) is 13.9. The molecule has 1 unspecified atom stereocenters. The van der Waals surface area contributed by atoms with Gasteiger partial charge in [0.05, 0.1) is 6.10 Å². The molecule has 1 aromatic rings. The second kappa shape index (κ2) is 6.58. The van der Waals surface area contributed by atoms with Crippen molar-refractivity contribution in [3.05, 3.63) is 28.2 Å². The molecule has 0 bridgehead atoms. The second-order valence-corrected chi connectivity index (χ2v) is 6.19. The van der Waals surface area contributed by atoms with E-state index in [-0.39, 0.29) is 6.10 Å². The summed E-state index contributed by atoms with van der Waals surface area (Å²) in [4.78, 5) is 0. The van der Waals surface area contributed by atoms with Crippen molar-refractivity contribution in [3.63, 3.8) is 0 Å². The zero-order valence-electron chi connectivity index (χ0n) is 11.0. The van der Waals surface area contributed by atoms with Crippen molar-refractivity contribution in [2.75, 3.05) is 11.9 Å². The van der Waals surface area contributed by atoms with Crippen molar-refractivity contribution < 1.29 is 5.11 Å². The Balaban J connectivity index is 1.81. The fourth-order valence-corrected chi connectivity index (χ4v) is 3.11. The van der Waals surface area contributed by atoms with E-state index in [1.54, 1.807) is 0 Å². The Bertz CT molecular complexity index is 388. The highest BCUT2D eigenvalue weighted by atomic mass is 79.9. The molecule has 18 heavy (non-hydrogen) atoms. The van der Waals surface area contributed by atoms with Crippen molar-refractivity contribution in [1.29, 1.82) is 0 Å². The van der Waals surface area contributed by atoms with Crippen molar-refractivity contribution >= 4 is 21.6 Å². The molecule has 1 atom stereocenters. The molecule has 1 saturated carbocycles. The molecule has 0 amide bonds. The molecule has 0 aliphatic heterocycles. The van der Waals surface area contributed by atoms with Crippen LogP contribution in [0.25, 0.3) is 0 Å². The lowest BCUT2D eigenvalue weighted by Gasteiger charge is -2.17. The van der Waals surface area contributed by atoms with Gasteiger partial charge in [-0.15, -0.1) is 0 Å². The summed E-state index contributed by atoms with van der Waals surface area (Å²) < 4.78 is 1.11. The van der Waals surface area contributed by atoms with Gasteiger partial charge in [-0.1, -0.05) is 47.7 Å². The van der Waals surface area contributed by atoms with Gasteiger partial charge in [-0.25, -0.2) is 0 Å². The molecule has 0 saturated heterocycles. The number of rotatable bonds is 5. The number of hydrogen-bond acceptors (Lipinski definition) is 2. The van der Waals surface area contributed by atoms with Crippen LogP contribution in [0.5, 0.6) is 0 Å². The van der Waals surface area contributed by atoms with Crippen LogP contribution in [0.2, 0.25) is 0 Å². The van der Waals surface area contributed by atoms with Gasteiger partial charge in [0.1, 0.15) is 0 Å². The fraction of sp³-hybridized carbons (Fsp3) is 0.600. The van der Waals surface area contributed by atoms with Crippen LogP contribution in [0.15, 0.2) is 22.7 Å². The summed E-state index contributed by atoms with van der Waals surface area (Å²) >= 11 is 3.52. The predicted octanol–water partition coefficient (Wildman–Crippen LogP) is 4.11. The van der Waals surface area contributed by atoms with Crippen LogP contribution in [-0.4, -0.2) is 17.8 Å². The van der Waals surface area contributed by atoms with Gasteiger partial charge < -0.3 is 10.4 Å². The lowest BCUT2D eigenvalue weighted by Crippen LogP contribution is -2.22. The molecule has 0 radical (unpaired) electrons. The SMILES string of the molecule is Cc1c(Br)cccc1NCC(O)CC1CCCC1. The number of anilines is 1. The lowest BCUT2D eigenvalue weighted by molar-refractivity contribution is 0.155. The summed E-state index contributed by atoms with van der Waals surface area (Å²) in [7, 11) is 0. The molecule has 1 aliphatic carbocycles. The summed E-state index contributed by atoms with van der Waals surface area (Å²) in [6, 6.07) is 6.11. The van der Waals surface area contributed by atoms with Gasteiger partial charge in [-0.2, -0.15) is 0 Å². The van der Waals surface area contributed by atoms with Gasteiger partial charge in [0.15, 0.2) is 0 Å². The van der Waals surface area contributed by atoms with Crippen LogP contribution in [0, 0.1) is 12.8 Å². The molecule has 1 fully saturated rings. The van der Waals surface area contributed by atoms with Crippen molar-refractivity contribution in [1.82, 2.24) is 0 Å². The Labute approximate surface area is 118 Å². The van der Waals surface area contributed by atoms with Crippen LogP contribution in [0.3, 0.4) is 0 Å². The molecule has 2 nitrogen and oxygen atoms in total. The quantitative estimate of drug-likeness (QED) is 0.857. The molecule has 0 heterocycles. The zero-order chi connectivity index (χ0) is 13.0. The van der Waals surface area contributed by atoms with Gasteiger partial charge in [-0.05, 0) is 37.0 Å². The summed E-state index contributed by atoms with van der Waals surface area (Å²) in [5.41, 5.74) is 2.31. The fourth-order valence-electron chi connectivity index (χ4n) is 2.74. The van der Waals surface area contributed by atoms with Crippen molar-refractivity contribution in [3.8, 4) is 0 Å². The van der Waals surface area contributed by atoms with E-state index in [9.17, 15) is 5.11 Å². The van der Waals surface area contributed by atoms with Gasteiger partial charge in [-0.3, -0.25) is 0 Å². The number of benzene rings is 1. The monoisotopic (exact) mass is 311 g/mol. The summed E-state index contributed by atoms with van der Waals surface area (Å²) in [6.45, 7) is 2.73. The highest BCUT2D eigenvalue weighted by molar-refractivity contribution is 9.10. The molecule has 100 valence electrons. The number of nitrogens with one attached hydrogen (secondary N) is 1. The third kappa shape index (κ3) is 3.72. The van der Waals surface area contributed by atoms with Gasteiger partial charge in [0, 0.05) is 16.7 Å². The number of halogens is 1. The first-order valence-corrected chi connectivity index (χ1v) is 7.63. The Hall–Kier alpha value is -0.540. The summed E-state index contributed by atoms with van der Waals surface area (Å²) in [6.07, 6.45) is 6.00. The van der Waals surface area contributed by atoms with E-state index in [0.29, 0.717) is 6.54 Å². The zero-order valence-corrected chi connectivity index (χ0v) is 12.5. The minimum absolute atomic E-state index is 0.230. The van der Waals surface area contributed by atoms with E-state index < -0.39 is 0 Å². The summed E-state index contributed by atoms with van der Waals surface area (Å²) in [5.74, 6) is 0.741. The van der Waals surface area contributed by atoms with E-state index in [1.807, 2.05) is 12.1 Å². The van der Waals surface area contributed by atoms with E-state index in [0.717, 1.165) is 22.5 Å². The van der Waals surface area contributed by atoms with Crippen molar-refractivity contribution in [2.45, 2.75) is 45.1 Å². The largest absolute Gasteiger partial charge is 0.391 e. The van der Waals surface area contributed by atoms with E-state index in [1.165, 1.54) is 31.2 Å². The molecule has 1 aliphatic rings. The normalized spacial score (nSPS) is 17.9. The third-order valence-corrected chi connectivity index (χ3v) is 4.74. The van der Waals surface area contributed by atoms with E-state index >= 15 is 0 Å². The predicted molar refractivity (Wildman–Crippen MR) is 80.0 cm³/mol. The molecule has 0 spiro atoms. The molecular weight excluding hydrogens is 290 g/mol. The van der Waals surface area contributed by atoms with Gasteiger partial charge in [0.2, 0.25) is 0 Å². The maximum absolute atomic E-state index is 10.1. The first-order chi connectivity index (χ1) is 8.66. The number of hydrogen-bond donors (Lipinski definition) is 2. The minimum atomic E-state index is -0.230. The van der Waals surface area contributed by atoms with Gasteiger partial charge in [0.25, 0.3) is 0 Å². The topological polar surface area (TPSA) is 32.3 Å². The molecule has 0 aromatic heterocycles. The highest BCUT2D eigenvalue weighted by Gasteiger charge is 2.18. The van der Waals surface area contributed by atoms with E-state index in [4.69, 9.17) is 0 Å². The van der Waals surface area contributed by atoms with Crippen LogP contribution in [0.1, 0.15) is 37.7 Å². The standard InChI is InChI=1S/C15H22BrNO/c1-11-14(16)7-4-8-15(11)17-10-13(18)9-12-5-2-3-6-12/h4,7-8,12-13,17-18H,2-3,5-6,9-10H2,1H3. The Kier molecular flexibility index (Phi) is 5.07. The maximum Gasteiger partial charge on any atom is 0.0715 e. The number of aliphatic hydroxyl groups is 1. The Morgan fingerprint density at radius 1 is 1.39 bits per heavy atom. The average Bonchev–Trinajstić information content (AvgIpc) is 2.84. The van der Waals surface area contributed by atoms with Crippen LogP contribution in [0.4, 0.5) is 5.69 Å². The van der Waals surface area contributed by atoms with Gasteiger partial charge >= 0.3 is 0 Å². The highest BCUT2D eigenvalue weighted by Crippen LogP contribution is 2.29. The molecular formula is C15H22BrNO. The third-order valence-electron chi connectivity index (χ3n) is 3.88. The Morgan fingerprint density at radius 3 is 2.83 bits per heavy atom. The molecule has 3 heteroatoms. The van der Waals surface area contributed by atoms with Crippen molar-refractivity contribution in [2.24, 2.45) is 5.92 Å². The molecule has 2 N–H and O–H groups in total. The van der Waals surface area contributed by atoms with Crippen LogP contribution >= 0.6 is 15.9 Å². The first-order valence-electron chi connectivity index (χ1n) is 6.84. The average molecular weight is 312 g/mol. The number of aliphatic hydroxyl groups excluding tert-OH is 1. The molecule has 1 aromatic carbocycles. The maximum atomic E-state index is 10.1. The van der Waals surface area contributed by atoms with Crippen LogP contribution < -0.4 is 5.32 Å². The second-order valence-electron chi connectivity index (χ2n) is 5.33. The summed E-state index contributed by atoms with van der Waals surface area (Å²) in [5, 5.41) is 13.4. The smallest absolute Gasteiger partial charge is 0.0715 e. The Morgan fingerprint density at radius 2 is 2.11 bits per heavy atom. The van der Waals surface area contributed by atoms with E-state index in [2.05, 4.69) is 34.2 Å². The lowest BCUT2D eigenvalue weighted by atomic mass is 10.00. The van der Waals surface area contributed by atoms with Crippen LogP contribution in [-0.2, 0) is 0 Å².